The molecule has 1 N–H and O–H groups in total. The number of hydrogen-bond acceptors (Lipinski definition) is 4. The molecule has 2 bridgehead atoms. The molecule has 0 saturated carbocycles. The van der Waals surface area contributed by atoms with Crippen LogP contribution in [0.2, 0.25) is 0 Å². The fourth-order valence-corrected chi connectivity index (χ4v) is 5.65. The van der Waals surface area contributed by atoms with E-state index in [1.807, 2.05) is 18.2 Å². The Morgan fingerprint density at radius 2 is 1.86 bits per heavy atom. The number of aromatic carboxylic acids is 1. The third kappa shape index (κ3) is 3.59. The summed E-state index contributed by atoms with van der Waals surface area (Å²) in [4.78, 5) is 31.6. The van der Waals surface area contributed by atoms with E-state index in [0.717, 1.165) is 18.4 Å². The smallest absolute Gasteiger partial charge is 0.360 e. The van der Waals surface area contributed by atoms with Gasteiger partial charge in [-0.05, 0) is 50.7 Å². The molecule has 0 amide bonds. The predicted molar refractivity (Wildman–Crippen MR) is 113 cm³/mol. The molecule has 0 spiro atoms. The van der Waals surface area contributed by atoms with Crippen LogP contribution in [-0.2, 0) is 0 Å². The van der Waals surface area contributed by atoms with Crippen LogP contribution in [0.5, 0.6) is 0 Å². The monoisotopic (exact) mass is 397 g/mol. The molecular formula is C23H31N3O3. The zero-order valence-corrected chi connectivity index (χ0v) is 17.4. The zero-order valence-electron chi connectivity index (χ0n) is 17.4. The molecule has 0 radical (unpaired) electrons. The third-order valence-electron chi connectivity index (χ3n) is 6.91. The number of carboxylic acid groups (broad SMARTS) is 1. The average Bonchev–Trinajstić information content (AvgIpc) is 2.97. The molecule has 4 atom stereocenters. The van der Waals surface area contributed by atoms with E-state index in [2.05, 4.69) is 23.7 Å². The predicted octanol–water partition coefficient (Wildman–Crippen LogP) is 4.23. The van der Waals surface area contributed by atoms with E-state index in [4.69, 9.17) is 0 Å². The van der Waals surface area contributed by atoms with Crippen molar-refractivity contribution >= 4 is 17.0 Å². The molecule has 2 fully saturated rings. The summed E-state index contributed by atoms with van der Waals surface area (Å²) in [5, 5.41) is 9.51. The summed E-state index contributed by atoms with van der Waals surface area (Å²) < 4.78 is 1.74. The Balaban J connectivity index is 1.70. The van der Waals surface area contributed by atoms with Crippen molar-refractivity contribution in [2.45, 2.75) is 89.4 Å². The van der Waals surface area contributed by atoms with Gasteiger partial charge in [-0.25, -0.2) is 9.78 Å². The lowest BCUT2D eigenvalue weighted by atomic mass is 9.92. The highest BCUT2D eigenvalue weighted by molar-refractivity contribution is 5.88. The minimum absolute atomic E-state index is 0.0333. The molecule has 6 nitrogen and oxygen atoms in total. The SMILES string of the molecule is CCCCC(CC)N1[C@@H]2CC[C@H]1CC(n1c(=O)c(C(=O)O)nc3ccccc31)C2. The summed E-state index contributed by atoms with van der Waals surface area (Å²) in [6.45, 7) is 4.53. The van der Waals surface area contributed by atoms with Gasteiger partial charge < -0.3 is 9.67 Å². The Morgan fingerprint density at radius 3 is 2.48 bits per heavy atom. The summed E-state index contributed by atoms with van der Waals surface area (Å²) in [6, 6.07) is 9.02. The van der Waals surface area contributed by atoms with E-state index in [1.54, 1.807) is 10.6 Å². The normalized spacial score (nSPS) is 25.4. The molecule has 6 heteroatoms. The van der Waals surface area contributed by atoms with Crippen LogP contribution >= 0.6 is 0 Å². The molecule has 4 rings (SSSR count). The van der Waals surface area contributed by atoms with Gasteiger partial charge in [0.05, 0.1) is 11.0 Å². The van der Waals surface area contributed by atoms with Crippen molar-refractivity contribution in [3.8, 4) is 0 Å². The summed E-state index contributed by atoms with van der Waals surface area (Å²) >= 11 is 0. The Hall–Kier alpha value is -2.21. The quantitative estimate of drug-likeness (QED) is 0.757. The molecule has 2 unspecified atom stereocenters. The van der Waals surface area contributed by atoms with Gasteiger partial charge >= 0.3 is 5.97 Å². The van der Waals surface area contributed by atoms with Gasteiger partial charge in [-0.3, -0.25) is 9.69 Å². The number of carboxylic acids is 1. The van der Waals surface area contributed by atoms with E-state index in [9.17, 15) is 14.7 Å². The summed E-state index contributed by atoms with van der Waals surface area (Å²) in [6.07, 6.45) is 9.05. The number of rotatable bonds is 7. The van der Waals surface area contributed by atoms with Crippen molar-refractivity contribution in [1.29, 1.82) is 0 Å². The second-order valence-corrected chi connectivity index (χ2v) is 8.59. The molecule has 1 aromatic carbocycles. The summed E-state index contributed by atoms with van der Waals surface area (Å²) in [5.41, 5.74) is 0.493. The fraction of sp³-hybridized carbons (Fsp3) is 0.609. The van der Waals surface area contributed by atoms with E-state index in [-0.39, 0.29) is 11.7 Å². The first-order chi connectivity index (χ1) is 14.0. The van der Waals surface area contributed by atoms with Crippen molar-refractivity contribution in [1.82, 2.24) is 14.5 Å². The lowest BCUT2D eigenvalue weighted by Crippen LogP contribution is -2.50. The van der Waals surface area contributed by atoms with E-state index < -0.39 is 11.5 Å². The zero-order chi connectivity index (χ0) is 20.5. The van der Waals surface area contributed by atoms with Gasteiger partial charge in [0.2, 0.25) is 5.69 Å². The van der Waals surface area contributed by atoms with Crippen molar-refractivity contribution in [3.05, 3.63) is 40.3 Å². The van der Waals surface area contributed by atoms with Crippen LogP contribution in [0.15, 0.2) is 29.1 Å². The van der Waals surface area contributed by atoms with E-state index >= 15 is 0 Å². The van der Waals surface area contributed by atoms with Crippen LogP contribution < -0.4 is 5.56 Å². The van der Waals surface area contributed by atoms with Gasteiger partial charge in [0.1, 0.15) is 0 Å². The first-order valence-corrected chi connectivity index (χ1v) is 11.1. The number of carbonyl (C=O) groups is 1. The van der Waals surface area contributed by atoms with Crippen molar-refractivity contribution < 1.29 is 9.90 Å². The highest BCUT2D eigenvalue weighted by Crippen LogP contribution is 2.43. The minimum Gasteiger partial charge on any atom is -0.476 e. The maximum Gasteiger partial charge on any atom is 0.360 e. The molecule has 0 aliphatic carbocycles. The summed E-state index contributed by atoms with van der Waals surface area (Å²) in [5.74, 6) is -1.25. The van der Waals surface area contributed by atoms with Crippen LogP contribution in [-0.4, -0.2) is 43.7 Å². The number of fused-ring (bicyclic) bond motifs is 3. The van der Waals surface area contributed by atoms with E-state index in [1.165, 1.54) is 38.5 Å². The Labute approximate surface area is 171 Å². The van der Waals surface area contributed by atoms with Crippen LogP contribution in [0.3, 0.4) is 0 Å². The minimum atomic E-state index is -1.25. The van der Waals surface area contributed by atoms with Gasteiger partial charge in [-0.15, -0.1) is 0 Å². The topological polar surface area (TPSA) is 75.4 Å². The molecular weight excluding hydrogens is 366 g/mol. The first-order valence-electron chi connectivity index (χ1n) is 11.1. The number of nitrogens with zero attached hydrogens (tertiary/aromatic N) is 3. The standard InChI is InChI=1S/C23H31N3O3/c1-3-5-8-15(4-2)25-16-11-12-17(25)14-18(13-16)26-20-10-7-6-9-19(20)24-21(22(26)27)23(28)29/h6-7,9-10,15-18H,3-5,8,11-14H2,1-2H3,(H,28,29)/t15?,16-,17+,18?. The molecule has 2 aliphatic heterocycles. The van der Waals surface area contributed by atoms with Gasteiger partial charge in [-0.2, -0.15) is 0 Å². The highest BCUT2D eigenvalue weighted by Gasteiger charge is 2.44. The van der Waals surface area contributed by atoms with Crippen LogP contribution in [0.1, 0.15) is 81.7 Å². The molecule has 2 aromatic rings. The lowest BCUT2D eigenvalue weighted by molar-refractivity contribution is 0.0548. The largest absolute Gasteiger partial charge is 0.476 e. The van der Waals surface area contributed by atoms with Crippen LogP contribution in [0.25, 0.3) is 11.0 Å². The second kappa shape index (κ2) is 8.27. The molecule has 29 heavy (non-hydrogen) atoms. The summed E-state index contributed by atoms with van der Waals surface area (Å²) in [7, 11) is 0. The van der Waals surface area contributed by atoms with Crippen molar-refractivity contribution in [2.24, 2.45) is 0 Å². The molecule has 3 heterocycles. The van der Waals surface area contributed by atoms with Crippen molar-refractivity contribution in [2.75, 3.05) is 0 Å². The highest BCUT2D eigenvalue weighted by atomic mass is 16.4. The first kappa shape index (κ1) is 20.1. The van der Waals surface area contributed by atoms with Gasteiger partial charge in [-0.1, -0.05) is 38.8 Å². The number of aromatic nitrogens is 2. The van der Waals surface area contributed by atoms with Gasteiger partial charge in [0, 0.05) is 24.2 Å². The number of piperidine rings is 1. The second-order valence-electron chi connectivity index (χ2n) is 8.59. The molecule has 2 aliphatic rings. The van der Waals surface area contributed by atoms with Gasteiger partial charge in [0.25, 0.3) is 5.56 Å². The third-order valence-corrected chi connectivity index (χ3v) is 6.91. The number of hydrogen-bond donors (Lipinski definition) is 1. The average molecular weight is 398 g/mol. The van der Waals surface area contributed by atoms with Gasteiger partial charge in [0.15, 0.2) is 0 Å². The Morgan fingerprint density at radius 1 is 1.17 bits per heavy atom. The fourth-order valence-electron chi connectivity index (χ4n) is 5.65. The maximum atomic E-state index is 13.1. The number of unbranched alkanes of at least 4 members (excludes halogenated alkanes) is 1. The molecule has 1 aromatic heterocycles. The van der Waals surface area contributed by atoms with E-state index in [0.29, 0.717) is 23.6 Å². The van der Waals surface area contributed by atoms with Crippen LogP contribution in [0.4, 0.5) is 0 Å². The molecule has 156 valence electrons. The molecule has 2 saturated heterocycles. The number of benzene rings is 1. The Kier molecular flexibility index (Phi) is 5.72. The maximum absolute atomic E-state index is 13.1. The van der Waals surface area contributed by atoms with Crippen molar-refractivity contribution in [3.63, 3.8) is 0 Å². The number of para-hydroxylation sites is 2. The Bertz CT molecular complexity index is 940. The van der Waals surface area contributed by atoms with Crippen LogP contribution in [0, 0.1) is 0 Å². The lowest BCUT2D eigenvalue weighted by Gasteiger charge is -2.44.